The van der Waals surface area contributed by atoms with E-state index in [0.29, 0.717) is 4.90 Å². The van der Waals surface area contributed by atoms with Crippen LogP contribution in [0.4, 0.5) is 23.7 Å². The van der Waals surface area contributed by atoms with Gasteiger partial charge in [-0.1, -0.05) is 0 Å². The molecular formula is C12H10F3N3O3S. The van der Waals surface area contributed by atoms with Gasteiger partial charge in [-0.25, -0.2) is 4.79 Å². The number of alkyl halides is 3. The minimum Gasteiger partial charge on any atom is -0.351 e. The van der Waals surface area contributed by atoms with Crippen LogP contribution in [0.1, 0.15) is 12.0 Å². The number of carbonyl (C=O) groups is 3. The molecular weight excluding hydrogens is 323 g/mol. The predicted molar refractivity (Wildman–Crippen MR) is 72.1 cm³/mol. The molecule has 1 atom stereocenters. The number of amides is 4. The first-order valence-electron chi connectivity index (χ1n) is 5.95. The SMILES string of the molecule is NC(=O)NC(=O)CC1Sc2ccc(C(F)(F)F)cc2NC1=O. The second-order valence-electron chi connectivity index (χ2n) is 4.42. The Balaban J connectivity index is 2.15. The van der Waals surface area contributed by atoms with Gasteiger partial charge in [0.2, 0.25) is 11.8 Å². The summed E-state index contributed by atoms with van der Waals surface area (Å²) in [7, 11) is 0. The number of hydrogen-bond donors (Lipinski definition) is 3. The summed E-state index contributed by atoms with van der Waals surface area (Å²) in [5.74, 6) is -1.35. The van der Waals surface area contributed by atoms with E-state index in [1.54, 1.807) is 0 Å². The molecule has 0 aromatic heterocycles. The van der Waals surface area contributed by atoms with Crippen LogP contribution in [0, 0.1) is 0 Å². The lowest BCUT2D eigenvalue weighted by Crippen LogP contribution is -2.39. The number of benzene rings is 1. The molecule has 0 fully saturated rings. The van der Waals surface area contributed by atoms with Crippen LogP contribution in [0.15, 0.2) is 23.1 Å². The Labute approximate surface area is 126 Å². The average molecular weight is 333 g/mol. The number of halogens is 3. The molecule has 2 rings (SSSR count). The van der Waals surface area contributed by atoms with Gasteiger partial charge >= 0.3 is 12.2 Å². The number of thioether (sulfide) groups is 1. The topological polar surface area (TPSA) is 101 Å². The Morgan fingerprint density at radius 2 is 2.05 bits per heavy atom. The van der Waals surface area contributed by atoms with Gasteiger partial charge < -0.3 is 11.1 Å². The van der Waals surface area contributed by atoms with Gasteiger partial charge in [0.05, 0.1) is 16.5 Å². The minimum atomic E-state index is -4.51. The zero-order valence-corrected chi connectivity index (χ0v) is 11.7. The Hall–Kier alpha value is -2.23. The zero-order chi connectivity index (χ0) is 16.5. The largest absolute Gasteiger partial charge is 0.416 e. The Bertz CT molecular complexity index is 648. The number of primary amides is 1. The number of fused-ring (bicyclic) bond motifs is 1. The molecule has 1 aromatic carbocycles. The summed E-state index contributed by atoms with van der Waals surface area (Å²) >= 11 is 0.948. The van der Waals surface area contributed by atoms with Gasteiger partial charge in [0.25, 0.3) is 0 Å². The molecule has 1 heterocycles. The Kier molecular flexibility index (Phi) is 4.31. The van der Waals surface area contributed by atoms with Crippen molar-refractivity contribution in [1.29, 1.82) is 0 Å². The second-order valence-corrected chi connectivity index (χ2v) is 5.67. The highest BCUT2D eigenvalue weighted by atomic mass is 32.2. The molecule has 10 heteroatoms. The zero-order valence-electron chi connectivity index (χ0n) is 10.9. The number of urea groups is 1. The van der Waals surface area contributed by atoms with Crippen molar-refractivity contribution in [3.05, 3.63) is 23.8 Å². The summed E-state index contributed by atoms with van der Waals surface area (Å²) < 4.78 is 37.8. The Morgan fingerprint density at radius 3 is 2.64 bits per heavy atom. The number of nitrogens with one attached hydrogen (secondary N) is 2. The first-order chi connectivity index (χ1) is 10.2. The highest BCUT2D eigenvalue weighted by molar-refractivity contribution is 8.01. The van der Waals surface area contributed by atoms with Gasteiger partial charge in [-0.2, -0.15) is 13.2 Å². The fourth-order valence-corrected chi connectivity index (χ4v) is 2.91. The molecule has 0 radical (unpaired) electrons. The molecule has 1 aliphatic heterocycles. The van der Waals surface area contributed by atoms with E-state index in [4.69, 9.17) is 5.73 Å². The van der Waals surface area contributed by atoms with Gasteiger partial charge in [-0.15, -0.1) is 11.8 Å². The van der Waals surface area contributed by atoms with Crippen molar-refractivity contribution < 1.29 is 27.6 Å². The highest BCUT2D eigenvalue weighted by Gasteiger charge is 2.34. The third kappa shape index (κ3) is 3.70. The molecule has 4 N–H and O–H groups in total. The van der Waals surface area contributed by atoms with Crippen molar-refractivity contribution in [1.82, 2.24) is 5.32 Å². The number of hydrogen-bond acceptors (Lipinski definition) is 4. The number of carbonyl (C=O) groups excluding carboxylic acids is 3. The number of imide groups is 1. The molecule has 0 saturated heterocycles. The maximum Gasteiger partial charge on any atom is 0.416 e. The fraction of sp³-hybridized carbons (Fsp3) is 0.250. The van der Waals surface area contributed by atoms with Crippen molar-refractivity contribution in [3.63, 3.8) is 0 Å². The molecule has 1 unspecified atom stereocenters. The summed E-state index contributed by atoms with van der Waals surface area (Å²) in [6.45, 7) is 0. The average Bonchev–Trinajstić information content (AvgIpc) is 2.37. The smallest absolute Gasteiger partial charge is 0.351 e. The third-order valence-corrected chi connectivity index (χ3v) is 4.04. The molecule has 0 spiro atoms. The molecule has 118 valence electrons. The highest BCUT2D eigenvalue weighted by Crippen LogP contribution is 2.40. The molecule has 0 bridgehead atoms. The van der Waals surface area contributed by atoms with E-state index in [1.807, 2.05) is 5.32 Å². The van der Waals surface area contributed by atoms with E-state index in [0.717, 1.165) is 23.9 Å². The van der Waals surface area contributed by atoms with Crippen LogP contribution < -0.4 is 16.4 Å². The van der Waals surface area contributed by atoms with Crippen LogP contribution in [0.25, 0.3) is 0 Å². The van der Waals surface area contributed by atoms with E-state index in [2.05, 4.69) is 5.32 Å². The van der Waals surface area contributed by atoms with Gasteiger partial charge in [0.1, 0.15) is 0 Å². The number of rotatable bonds is 2. The maximum absolute atomic E-state index is 12.6. The molecule has 0 saturated carbocycles. The Morgan fingerprint density at radius 1 is 1.36 bits per heavy atom. The first kappa shape index (κ1) is 16.1. The van der Waals surface area contributed by atoms with Crippen LogP contribution in [-0.4, -0.2) is 23.1 Å². The van der Waals surface area contributed by atoms with Crippen molar-refractivity contribution in [2.24, 2.45) is 5.73 Å². The minimum absolute atomic E-state index is 0.0383. The summed E-state index contributed by atoms with van der Waals surface area (Å²) in [5, 5.41) is 3.29. The summed E-state index contributed by atoms with van der Waals surface area (Å²) in [6.07, 6.45) is -4.83. The summed E-state index contributed by atoms with van der Waals surface area (Å²) in [6, 6.07) is 1.91. The fourth-order valence-electron chi connectivity index (χ4n) is 1.82. The normalized spacial score (nSPS) is 17.4. The van der Waals surface area contributed by atoms with E-state index in [1.165, 1.54) is 6.07 Å². The van der Waals surface area contributed by atoms with E-state index in [-0.39, 0.29) is 12.1 Å². The molecule has 6 nitrogen and oxygen atoms in total. The molecule has 1 aromatic rings. The van der Waals surface area contributed by atoms with Crippen molar-refractivity contribution >= 4 is 35.3 Å². The lowest BCUT2D eigenvalue weighted by molar-refractivity contribution is -0.137. The van der Waals surface area contributed by atoms with Crippen LogP contribution >= 0.6 is 11.8 Å². The van der Waals surface area contributed by atoms with Gasteiger partial charge in [0, 0.05) is 11.3 Å². The van der Waals surface area contributed by atoms with Crippen molar-refractivity contribution in [2.75, 3.05) is 5.32 Å². The quantitative estimate of drug-likeness (QED) is 0.767. The number of nitrogens with two attached hydrogens (primary N) is 1. The van der Waals surface area contributed by atoms with Crippen molar-refractivity contribution in [3.8, 4) is 0 Å². The molecule has 4 amide bonds. The predicted octanol–water partition coefficient (Wildman–Crippen LogP) is 1.70. The summed E-state index contributed by atoms with van der Waals surface area (Å²) in [5.41, 5.74) is 3.94. The van der Waals surface area contributed by atoms with E-state index >= 15 is 0 Å². The lowest BCUT2D eigenvalue weighted by Gasteiger charge is -2.24. The van der Waals surface area contributed by atoms with Crippen LogP contribution in [-0.2, 0) is 15.8 Å². The van der Waals surface area contributed by atoms with Gasteiger partial charge in [0.15, 0.2) is 0 Å². The second kappa shape index (κ2) is 5.87. The van der Waals surface area contributed by atoms with E-state index < -0.39 is 34.8 Å². The van der Waals surface area contributed by atoms with Crippen molar-refractivity contribution in [2.45, 2.75) is 22.7 Å². The number of anilines is 1. The monoisotopic (exact) mass is 333 g/mol. The summed E-state index contributed by atoms with van der Waals surface area (Å²) in [4.78, 5) is 34.2. The lowest BCUT2D eigenvalue weighted by atomic mass is 10.1. The molecule has 22 heavy (non-hydrogen) atoms. The first-order valence-corrected chi connectivity index (χ1v) is 6.83. The standard InChI is InChI=1S/C12H10F3N3O3S/c13-12(14,15)5-1-2-7-6(3-5)17-10(20)8(22-7)4-9(19)18-11(16)21/h1-3,8H,4H2,(H,17,20)(H3,16,18,19,21). The van der Waals surface area contributed by atoms with E-state index in [9.17, 15) is 27.6 Å². The maximum atomic E-state index is 12.6. The van der Waals surface area contributed by atoms with Gasteiger partial charge in [-0.3, -0.25) is 14.9 Å². The van der Waals surface area contributed by atoms with Gasteiger partial charge in [-0.05, 0) is 18.2 Å². The van der Waals surface area contributed by atoms with Crippen LogP contribution in [0.3, 0.4) is 0 Å². The van der Waals surface area contributed by atoms with Crippen LogP contribution in [0.5, 0.6) is 0 Å². The van der Waals surface area contributed by atoms with Crippen LogP contribution in [0.2, 0.25) is 0 Å². The molecule has 1 aliphatic rings. The molecule has 0 aliphatic carbocycles. The third-order valence-electron chi connectivity index (χ3n) is 2.76.